The van der Waals surface area contributed by atoms with Crippen LogP contribution in [0, 0.1) is 65.4 Å². The molecular formula is C18H13MoO7S+2. The zero-order chi connectivity index (χ0) is 21.8. The van der Waals surface area contributed by atoms with Gasteiger partial charge in [0, 0.05) is 4.90 Å². The van der Waals surface area contributed by atoms with Crippen LogP contribution in [0.15, 0.2) is 29.2 Å². The summed E-state index contributed by atoms with van der Waals surface area (Å²) in [6.07, 6.45) is 10.0. The molecular weight excluding hydrogens is 456 g/mol. The van der Waals surface area contributed by atoms with Crippen molar-refractivity contribution >= 4 is 18.6 Å². The number of hydrogen-bond donors (Lipinski definition) is 1. The number of methoxy groups -OCH3 is 1. The largest absolute Gasteiger partial charge is 2.00 e. The van der Waals surface area contributed by atoms with E-state index < -0.39 is 0 Å². The molecule has 2 rings (SSSR count). The summed E-state index contributed by atoms with van der Waals surface area (Å²) in [4.78, 5) is 11.6. The summed E-state index contributed by atoms with van der Waals surface area (Å²) in [5, 5.41) is 0. The van der Waals surface area contributed by atoms with Gasteiger partial charge in [-0.15, -0.1) is 12.6 Å². The monoisotopic (exact) mass is 471 g/mol. The van der Waals surface area contributed by atoms with Crippen LogP contribution in [-0.4, -0.2) is 13.1 Å². The van der Waals surface area contributed by atoms with Crippen LogP contribution in [0.25, 0.3) is 0 Å². The van der Waals surface area contributed by atoms with Crippen molar-refractivity contribution in [2.45, 2.75) is 4.90 Å². The first-order valence-electron chi connectivity index (χ1n) is 5.80. The Morgan fingerprint density at radius 2 is 1.07 bits per heavy atom. The molecule has 1 aliphatic carbocycles. The molecule has 0 bridgehead atoms. The maximum Gasteiger partial charge on any atom is 2.00 e. The molecule has 0 amide bonds. The molecule has 0 atom stereocenters. The van der Waals surface area contributed by atoms with Crippen LogP contribution in [0.2, 0.25) is 0 Å². The van der Waals surface area contributed by atoms with Gasteiger partial charge in [0.2, 0.25) is 0 Å². The van der Waals surface area contributed by atoms with E-state index >= 15 is 0 Å². The third-order valence-electron chi connectivity index (χ3n) is 1.86. The Bertz CT molecular complexity index is 490. The number of carbonyl (C=O) groups is 1. The zero-order valence-corrected chi connectivity index (χ0v) is 16.8. The van der Waals surface area contributed by atoms with Crippen LogP contribution in [0.5, 0.6) is 0 Å². The fraction of sp³-hybridized carbons (Fsp3) is 0.0556. The number of thiol groups is 1. The molecule has 0 saturated heterocycles. The van der Waals surface area contributed by atoms with Gasteiger partial charge >= 0.3 is 83.5 Å². The fourth-order valence-electron chi connectivity index (χ4n) is 1.08. The van der Waals surface area contributed by atoms with E-state index in [-0.39, 0.29) is 27.0 Å². The summed E-state index contributed by atoms with van der Waals surface area (Å²) in [5.74, 6) is -0.351. The van der Waals surface area contributed by atoms with Crippen LogP contribution >= 0.6 is 12.6 Å². The predicted molar refractivity (Wildman–Crippen MR) is 86.2 cm³/mol. The van der Waals surface area contributed by atoms with E-state index in [4.69, 9.17) is 23.3 Å². The molecule has 0 N–H and O–H groups in total. The SMILES string of the molecule is COC(=O)c1ccccc1S.[C-]#[O+].[C-]#[O+].[C-]#[O+].[C-]#[O+].[C-]#[O+].[CH]1[CH][CH][CH][CH]1.[Mo+2]. The third-order valence-corrected chi connectivity index (χ3v) is 2.25. The number of benzene rings is 1. The molecule has 1 aliphatic rings. The van der Waals surface area contributed by atoms with Crippen molar-refractivity contribution in [3.63, 3.8) is 0 Å². The Morgan fingerprint density at radius 1 is 0.778 bits per heavy atom. The molecule has 7 nitrogen and oxygen atoms in total. The molecule has 1 saturated carbocycles. The normalized spacial score (nSPS) is 8.59. The number of carbonyl (C=O) groups excluding carboxylic acids is 1. The van der Waals surface area contributed by atoms with E-state index in [9.17, 15) is 4.79 Å². The van der Waals surface area contributed by atoms with Gasteiger partial charge in [0.15, 0.2) is 0 Å². The molecule has 1 aromatic carbocycles. The zero-order valence-electron chi connectivity index (χ0n) is 13.9. The molecule has 0 heterocycles. The van der Waals surface area contributed by atoms with E-state index in [2.05, 4.69) is 50.6 Å². The van der Waals surface area contributed by atoms with Gasteiger partial charge in [-0.1, -0.05) is 12.1 Å². The van der Waals surface area contributed by atoms with Crippen LogP contribution < -0.4 is 0 Å². The van der Waals surface area contributed by atoms with E-state index in [1.165, 1.54) is 7.11 Å². The van der Waals surface area contributed by atoms with Gasteiger partial charge in [-0.05, 0) is 44.2 Å². The summed E-state index contributed by atoms with van der Waals surface area (Å²) in [5.41, 5.74) is 0.498. The van der Waals surface area contributed by atoms with Crippen LogP contribution in [0.4, 0.5) is 0 Å². The van der Waals surface area contributed by atoms with Crippen molar-refractivity contribution in [1.29, 1.82) is 0 Å². The van der Waals surface area contributed by atoms with E-state index in [0.717, 1.165) is 0 Å². The molecule has 5 radical (unpaired) electrons. The van der Waals surface area contributed by atoms with Gasteiger partial charge < -0.3 is 4.74 Å². The van der Waals surface area contributed by atoms with Gasteiger partial charge in [0.1, 0.15) is 0 Å². The van der Waals surface area contributed by atoms with Gasteiger partial charge in [-0.3, -0.25) is 0 Å². The number of esters is 1. The quantitative estimate of drug-likeness (QED) is 0.223. The first-order chi connectivity index (χ1) is 12.8. The van der Waals surface area contributed by atoms with Crippen LogP contribution in [-0.2, 0) is 49.1 Å². The van der Waals surface area contributed by atoms with Crippen molar-refractivity contribution in [3.05, 3.63) is 95.2 Å². The van der Waals surface area contributed by atoms with Crippen molar-refractivity contribution in [3.8, 4) is 0 Å². The minimum atomic E-state index is -0.351. The van der Waals surface area contributed by atoms with Crippen LogP contribution in [0.3, 0.4) is 0 Å². The molecule has 0 unspecified atom stereocenters. The number of ether oxygens (including phenoxy) is 1. The second-order valence-corrected chi connectivity index (χ2v) is 3.45. The first-order valence-corrected chi connectivity index (χ1v) is 6.25. The predicted octanol–water partition coefficient (Wildman–Crippen LogP) is 2.59. The second kappa shape index (κ2) is 44.1. The average molecular weight is 469 g/mol. The smallest absolute Gasteiger partial charge is 0.0312 e. The first kappa shape index (κ1) is 40.2. The number of rotatable bonds is 1. The summed E-state index contributed by atoms with van der Waals surface area (Å²) in [6, 6.07) is 7.00. The van der Waals surface area contributed by atoms with E-state index in [1.807, 2.05) is 38.2 Å². The van der Waals surface area contributed by atoms with Gasteiger partial charge in [-0.2, -0.15) is 0 Å². The van der Waals surface area contributed by atoms with Crippen molar-refractivity contribution in [2.24, 2.45) is 0 Å². The van der Waals surface area contributed by atoms with Crippen molar-refractivity contribution in [2.75, 3.05) is 7.11 Å². The third kappa shape index (κ3) is 29.4. The maximum atomic E-state index is 11.0. The molecule has 1 aromatic rings. The van der Waals surface area contributed by atoms with Crippen molar-refractivity contribution < 1.29 is 53.9 Å². The van der Waals surface area contributed by atoms with Crippen molar-refractivity contribution in [1.82, 2.24) is 0 Å². The topological polar surface area (TPSA) is 126 Å². The van der Waals surface area contributed by atoms with Gasteiger partial charge in [0.25, 0.3) is 0 Å². The Hall–Kier alpha value is -1.57. The Labute approximate surface area is 179 Å². The molecule has 0 aromatic heterocycles. The van der Waals surface area contributed by atoms with E-state index in [0.29, 0.717) is 10.5 Å². The Morgan fingerprint density at radius 3 is 1.33 bits per heavy atom. The summed E-state index contributed by atoms with van der Waals surface area (Å²) in [6.45, 7) is 22.5. The Kier molecular flexibility index (Phi) is 65.7. The summed E-state index contributed by atoms with van der Waals surface area (Å²) in [7, 11) is 1.35. The summed E-state index contributed by atoms with van der Waals surface area (Å²) < 4.78 is 42.0. The Balaban J connectivity index is -0.0000000585. The molecule has 27 heavy (non-hydrogen) atoms. The fourth-order valence-corrected chi connectivity index (χ4v) is 1.33. The van der Waals surface area contributed by atoms with E-state index in [1.54, 1.807) is 18.2 Å². The van der Waals surface area contributed by atoms with Gasteiger partial charge in [-0.25, -0.2) is 4.79 Å². The molecule has 0 aliphatic heterocycles. The number of hydrogen-bond acceptors (Lipinski definition) is 3. The minimum Gasteiger partial charge on any atom is -0.0312 e. The molecule has 9 heteroatoms. The summed E-state index contributed by atoms with van der Waals surface area (Å²) >= 11 is 4.09. The van der Waals surface area contributed by atoms with Gasteiger partial charge in [0.05, 0.1) is 12.7 Å². The average Bonchev–Trinajstić information content (AvgIpc) is 3.35. The standard InChI is InChI=1S/C8H8O2S.C5H5.5CO.Mo/c1-10-8(9)6-4-2-3-5-7(6)11;1-2-4-5-3-1;5*1-2;/h2-5,11H,1H3;1-5H;;;;;;/q;;;;;;;+2. The minimum absolute atomic E-state index is 0. The molecule has 137 valence electrons. The second-order valence-electron chi connectivity index (χ2n) is 2.97. The molecule has 1 fully saturated rings. The van der Waals surface area contributed by atoms with Crippen LogP contribution in [0.1, 0.15) is 10.4 Å². The molecule has 0 spiro atoms. The maximum absolute atomic E-state index is 11.0.